The zero-order valence-corrected chi connectivity index (χ0v) is 11.7. The topological polar surface area (TPSA) is 82.6 Å². The lowest BCUT2D eigenvalue weighted by atomic mass is 9.92. The summed E-state index contributed by atoms with van der Waals surface area (Å²) in [6.07, 6.45) is 1.01. The lowest BCUT2D eigenvalue weighted by molar-refractivity contribution is 0.0375. The maximum absolute atomic E-state index is 9.67. The molecule has 1 fully saturated rings. The SMILES string of the molecule is OCC(O)C1CCN(c2noc(-c3ccccc3)n2)CC1. The van der Waals surface area contributed by atoms with E-state index in [9.17, 15) is 5.11 Å². The predicted molar refractivity (Wildman–Crippen MR) is 77.8 cm³/mol. The summed E-state index contributed by atoms with van der Waals surface area (Å²) < 4.78 is 5.31. The summed E-state index contributed by atoms with van der Waals surface area (Å²) in [6, 6.07) is 9.67. The number of aromatic nitrogens is 2. The van der Waals surface area contributed by atoms with E-state index in [-0.39, 0.29) is 12.5 Å². The molecule has 6 nitrogen and oxygen atoms in total. The molecule has 0 bridgehead atoms. The van der Waals surface area contributed by atoms with Crippen molar-refractivity contribution in [1.29, 1.82) is 0 Å². The standard InChI is InChI=1S/C15H19N3O3/c19-10-13(20)11-6-8-18(9-7-11)15-16-14(21-17-15)12-4-2-1-3-5-12/h1-5,11,13,19-20H,6-10H2. The Morgan fingerprint density at radius 3 is 2.62 bits per heavy atom. The zero-order valence-electron chi connectivity index (χ0n) is 11.7. The van der Waals surface area contributed by atoms with Gasteiger partial charge in [0.2, 0.25) is 0 Å². The van der Waals surface area contributed by atoms with Crippen molar-refractivity contribution < 1.29 is 14.7 Å². The maximum atomic E-state index is 9.67. The largest absolute Gasteiger partial charge is 0.394 e. The summed E-state index contributed by atoms with van der Waals surface area (Å²) in [6.45, 7) is 1.34. The molecular formula is C15H19N3O3. The molecule has 0 spiro atoms. The van der Waals surface area contributed by atoms with E-state index >= 15 is 0 Å². The molecule has 0 radical (unpaired) electrons. The van der Waals surface area contributed by atoms with Gasteiger partial charge in [-0.25, -0.2) is 0 Å². The van der Waals surface area contributed by atoms with Crippen LogP contribution in [0.3, 0.4) is 0 Å². The first-order chi connectivity index (χ1) is 10.3. The van der Waals surface area contributed by atoms with Crippen LogP contribution < -0.4 is 4.90 Å². The van der Waals surface area contributed by atoms with Gasteiger partial charge in [0.15, 0.2) is 0 Å². The van der Waals surface area contributed by atoms with Crippen molar-refractivity contribution in [2.75, 3.05) is 24.6 Å². The smallest absolute Gasteiger partial charge is 0.266 e. The number of hydrogen-bond donors (Lipinski definition) is 2. The Morgan fingerprint density at radius 1 is 1.24 bits per heavy atom. The molecule has 1 aliphatic heterocycles. The third-order valence-electron chi connectivity index (χ3n) is 3.99. The van der Waals surface area contributed by atoms with Gasteiger partial charge in [0.1, 0.15) is 0 Å². The molecule has 0 aliphatic carbocycles. The monoisotopic (exact) mass is 289 g/mol. The molecule has 21 heavy (non-hydrogen) atoms. The zero-order chi connectivity index (χ0) is 14.7. The second kappa shape index (κ2) is 6.24. The Morgan fingerprint density at radius 2 is 1.95 bits per heavy atom. The van der Waals surface area contributed by atoms with Crippen LogP contribution in [0.1, 0.15) is 12.8 Å². The minimum atomic E-state index is -0.628. The van der Waals surface area contributed by atoms with Crippen molar-refractivity contribution in [2.45, 2.75) is 18.9 Å². The van der Waals surface area contributed by atoms with E-state index in [1.807, 2.05) is 30.3 Å². The molecule has 2 heterocycles. The van der Waals surface area contributed by atoms with Crippen molar-refractivity contribution >= 4 is 5.95 Å². The minimum Gasteiger partial charge on any atom is -0.394 e. The summed E-state index contributed by atoms with van der Waals surface area (Å²) in [5.41, 5.74) is 0.904. The van der Waals surface area contributed by atoms with Crippen LogP contribution in [0.15, 0.2) is 34.9 Å². The van der Waals surface area contributed by atoms with E-state index in [0.29, 0.717) is 11.8 Å². The number of hydrogen-bond acceptors (Lipinski definition) is 6. The summed E-state index contributed by atoms with van der Waals surface area (Å²) in [5.74, 6) is 1.25. The van der Waals surface area contributed by atoms with Gasteiger partial charge >= 0.3 is 0 Å². The van der Waals surface area contributed by atoms with Gasteiger partial charge in [0, 0.05) is 18.7 Å². The van der Waals surface area contributed by atoms with Gasteiger partial charge in [0.25, 0.3) is 11.8 Å². The lowest BCUT2D eigenvalue weighted by Crippen LogP contribution is -2.39. The molecule has 1 aliphatic rings. The van der Waals surface area contributed by atoms with Crippen LogP contribution in [0.25, 0.3) is 11.5 Å². The first kappa shape index (κ1) is 14.0. The molecule has 0 amide bonds. The summed E-state index contributed by atoms with van der Waals surface area (Å²) in [4.78, 5) is 6.48. The fourth-order valence-electron chi connectivity index (χ4n) is 2.68. The molecule has 1 aromatic carbocycles. The minimum absolute atomic E-state index is 0.145. The van der Waals surface area contributed by atoms with Crippen LogP contribution in [-0.2, 0) is 0 Å². The Balaban J connectivity index is 1.66. The van der Waals surface area contributed by atoms with Crippen molar-refractivity contribution in [1.82, 2.24) is 10.1 Å². The van der Waals surface area contributed by atoms with E-state index in [1.54, 1.807) is 0 Å². The number of benzene rings is 1. The Labute approximate surface area is 123 Å². The quantitative estimate of drug-likeness (QED) is 0.883. The van der Waals surface area contributed by atoms with Crippen molar-refractivity contribution in [3.63, 3.8) is 0 Å². The Hall–Kier alpha value is -1.92. The third kappa shape index (κ3) is 3.06. The highest BCUT2D eigenvalue weighted by Gasteiger charge is 2.26. The number of rotatable bonds is 4. The average molecular weight is 289 g/mol. The highest BCUT2D eigenvalue weighted by molar-refractivity contribution is 5.54. The molecule has 1 unspecified atom stereocenters. The van der Waals surface area contributed by atoms with Gasteiger partial charge in [-0.2, -0.15) is 4.98 Å². The van der Waals surface area contributed by atoms with Gasteiger partial charge in [-0.1, -0.05) is 18.2 Å². The predicted octanol–water partition coefficient (Wildman–Crippen LogP) is 1.31. The number of nitrogens with zero attached hydrogens (tertiary/aromatic N) is 3. The van der Waals surface area contributed by atoms with Gasteiger partial charge < -0.3 is 19.6 Å². The first-order valence-electron chi connectivity index (χ1n) is 7.21. The van der Waals surface area contributed by atoms with Gasteiger partial charge in [-0.05, 0) is 36.0 Å². The number of piperidine rings is 1. The van der Waals surface area contributed by atoms with Gasteiger partial charge in [-0.3, -0.25) is 0 Å². The van der Waals surface area contributed by atoms with Crippen LogP contribution in [0, 0.1) is 5.92 Å². The molecule has 3 rings (SSSR count). The van der Waals surface area contributed by atoms with E-state index in [4.69, 9.17) is 9.63 Å². The molecule has 1 atom stereocenters. The molecule has 6 heteroatoms. The van der Waals surface area contributed by atoms with Crippen LogP contribution in [0.4, 0.5) is 5.95 Å². The van der Waals surface area contributed by atoms with E-state index in [0.717, 1.165) is 31.5 Å². The lowest BCUT2D eigenvalue weighted by Gasteiger charge is -2.32. The van der Waals surface area contributed by atoms with Crippen LogP contribution in [0.2, 0.25) is 0 Å². The van der Waals surface area contributed by atoms with Crippen molar-refractivity contribution in [2.24, 2.45) is 5.92 Å². The number of aliphatic hydroxyl groups excluding tert-OH is 2. The molecule has 2 aromatic rings. The van der Waals surface area contributed by atoms with Crippen molar-refractivity contribution in [3.05, 3.63) is 30.3 Å². The highest BCUT2D eigenvalue weighted by Crippen LogP contribution is 2.25. The molecule has 1 aromatic heterocycles. The summed E-state index contributed by atoms with van der Waals surface area (Å²) >= 11 is 0. The van der Waals surface area contributed by atoms with Crippen LogP contribution in [-0.4, -0.2) is 46.2 Å². The average Bonchev–Trinajstić information content (AvgIpc) is 3.05. The molecule has 1 saturated heterocycles. The van der Waals surface area contributed by atoms with Crippen LogP contribution in [0.5, 0.6) is 0 Å². The fraction of sp³-hybridized carbons (Fsp3) is 0.467. The first-order valence-corrected chi connectivity index (χ1v) is 7.21. The number of anilines is 1. The number of aliphatic hydroxyl groups is 2. The molecule has 0 saturated carbocycles. The fourth-order valence-corrected chi connectivity index (χ4v) is 2.68. The normalized spacial score (nSPS) is 17.9. The highest BCUT2D eigenvalue weighted by atomic mass is 16.5. The summed E-state index contributed by atoms with van der Waals surface area (Å²) in [5, 5.41) is 22.7. The van der Waals surface area contributed by atoms with E-state index in [1.165, 1.54) is 0 Å². The van der Waals surface area contributed by atoms with Gasteiger partial charge in [0.05, 0.1) is 12.7 Å². The molecule has 2 N–H and O–H groups in total. The molecule has 112 valence electrons. The maximum Gasteiger partial charge on any atom is 0.266 e. The summed E-state index contributed by atoms with van der Waals surface area (Å²) in [7, 11) is 0. The van der Waals surface area contributed by atoms with E-state index < -0.39 is 6.10 Å². The third-order valence-corrected chi connectivity index (χ3v) is 3.99. The second-order valence-corrected chi connectivity index (χ2v) is 5.34. The van der Waals surface area contributed by atoms with Crippen LogP contribution >= 0.6 is 0 Å². The Bertz CT molecular complexity index is 565. The molecular weight excluding hydrogens is 270 g/mol. The van der Waals surface area contributed by atoms with Crippen molar-refractivity contribution in [3.8, 4) is 11.5 Å². The second-order valence-electron chi connectivity index (χ2n) is 5.34. The Kier molecular flexibility index (Phi) is 4.17. The van der Waals surface area contributed by atoms with E-state index in [2.05, 4.69) is 15.0 Å². The van der Waals surface area contributed by atoms with Gasteiger partial charge in [-0.15, -0.1) is 0 Å².